The van der Waals surface area contributed by atoms with Crippen LogP contribution in [-0.2, 0) is 4.79 Å². The Balaban J connectivity index is -0.000000125. The van der Waals surface area contributed by atoms with E-state index in [1.54, 1.807) is 13.8 Å². The molecule has 0 aromatic rings. The van der Waals surface area contributed by atoms with Crippen LogP contribution in [0, 0.1) is 0 Å². The highest BCUT2D eigenvalue weighted by molar-refractivity contribution is 5.32. The summed E-state index contributed by atoms with van der Waals surface area (Å²) in [4.78, 5) is 8.36. The predicted molar refractivity (Wildman–Crippen MR) is 55.9 cm³/mol. The summed E-state index contributed by atoms with van der Waals surface area (Å²) in [5.41, 5.74) is 0. The van der Waals surface area contributed by atoms with E-state index >= 15 is 0 Å². The molecule has 0 saturated carbocycles. The number of aliphatic hydroxyl groups is 1. The summed E-state index contributed by atoms with van der Waals surface area (Å²) in [7, 11) is 0. The second kappa shape index (κ2) is 22.5. The van der Waals surface area contributed by atoms with Crippen LogP contribution >= 0.6 is 0 Å². The van der Waals surface area contributed by atoms with Crippen LogP contribution in [0.25, 0.3) is 0 Å². The molecule has 13 heavy (non-hydrogen) atoms. The molecule has 3 heteroatoms. The van der Waals surface area contributed by atoms with Crippen molar-refractivity contribution >= 4 is 6.47 Å². The zero-order chi connectivity index (χ0) is 11.1. The molecule has 0 unspecified atom stereocenters. The van der Waals surface area contributed by atoms with Gasteiger partial charge in [0, 0.05) is 6.10 Å². The third-order valence-corrected chi connectivity index (χ3v) is 0.957. The van der Waals surface area contributed by atoms with Crippen molar-refractivity contribution < 1.29 is 15.0 Å². The van der Waals surface area contributed by atoms with Crippen molar-refractivity contribution in [2.45, 2.75) is 59.5 Å². The van der Waals surface area contributed by atoms with Crippen molar-refractivity contribution in [3.63, 3.8) is 0 Å². The molecule has 0 radical (unpaired) electrons. The van der Waals surface area contributed by atoms with E-state index in [1.165, 1.54) is 25.7 Å². The number of aliphatic hydroxyl groups excluding tert-OH is 1. The largest absolute Gasteiger partial charge is 0.483 e. The van der Waals surface area contributed by atoms with Crippen LogP contribution in [0.5, 0.6) is 0 Å². The van der Waals surface area contributed by atoms with Gasteiger partial charge >= 0.3 is 0 Å². The first-order valence-electron chi connectivity index (χ1n) is 4.82. The van der Waals surface area contributed by atoms with Crippen LogP contribution in [-0.4, -0.2) is 22.8 Å². The van der Waals surface area contributed by atoms with E-state index in [-0.39, 0.29) is 12.6 Å². The minimum absolute atomic E-state index is 0.167. The lowest BCUT2D eigenvalue weighted by Crippen LogP contribution is -1.85. The number of carbonyl (C=O) groups is 1. The third kappa shape index (κ3) is 172. The van der Waals surface area contributed by atoms with Crippen molar-refractivity contribution in [2.75, 3.05) is 0 Å². The van der Waals surface area contributed by atoms with Crippen molar-refractivity contribution in [3.8, 4) is 0 Å². The fourth-order valence-corrected chi connectivity index (χ4v) is 0.500. The van der Waals surface area contributed by atoms with Gasteiger partial charge < -0.3 is 10.2 Å². The molecule has 0 aliphatic heterocycles. The van der Waals surface area contributed by atoms with Gasteiger partial charge in [-0.25, -0.2) is 0 Å². The monoisotopic (exact) mass is 192 g/mol. The van der Waals surface area contributed by atoms with Crippen molar-refractivity contribution in [1.82, 2.24) is 0 Å². The second-order valence-electron chi connectivity index (χ2n) is 2.91. The first-order valence-corrected chi connectivity index (χ1v) is 4.82. The molecule has 0 aromatic heterocycles. The molecule has 0 atom stereocenters. The summed E-state index contributed by atoms with van der Waals surface area (Å²) in [6, 6.07) is 0. The molecule has 82 valence electrons. The van der Waals surface area contributed by atoms with Crippen molar-refractivity contribution in [3.05, 3.63) is 0 Å². The Morgan fingerprint density at radius 1 is 1.15 bits per heavy atom. The Morgan fingerprint density at radius 2 is 1.31 bits per heavy atom. The smallest absolute Gasteiger partial charge is 0.290 e. The Bertz CT molecular complexity index is 65.8. The molecule has 2 N–H and O–H groups in total. The van der Waals surface area contributed by atoms with Crippen molar-refractivity contribution in [1.29, 1.82) is 0 Å². The molecule has 0 aliphatic rings. The fraction of sp³-hybridized carbons (Fsp3) is 0.900. The Labute approximate surface area is 81.8 Å². The number of rotatable bonds is 3. The summed E-state index contributed by atoms with van der Waals surface area (Å²) in [6.07, 6.45) is 5.37. The van der Waals surface area contributed by atoms with Crippen LogP contribution in [0.1, 0.15) is 53.4 Å². The van der Waals surface area contributed by atoms with E-state index < -0.39 is 0 Å². The quantitative estimate of drug-likeness (QED) is 0.534. The Morgan fingerprint density at radius 3 is 1.38 bits per heavy atom. The van der Waals surface area contributed by atoms with Crippen LogP contribution in [0.3, 0.4) is 0 Å². The minimum atomic E-state index is -0.250. The van der Waals surface area contributed by atoms with Crippen LogP contribution < -0.4 is 0 Å². The van der Waals surface area contributed by atoms with Crippen LogP contribution in [0.2, 0.25) is 0 Å². The molecule has 0 bridgehead atoms. The summed E-state index contributed by atoms with van der Waals surface area (Å²) in [5.74, 6) is 0. The van der Waals surface area contributed by atoms with Crippen LogP contribution in [0.15, 0.2) is 0 Å². The first-order chi connectivity index (χ1) is 6.06. The molecule has 0 spiro atoms. The van der Waals surface area contributed by atoms with Gasteiger partial charge in [-0.15, -0.1) is 0 Å². The van der Waals surface area contributed by atoms with E-state index in [0.29, 0.717) is 0 Å². The first kappa shape index (κ1) is 18.3. The highest BCUT2D eigenvalue weighted by Gasteiger charge is 1.75. The summed E-state index contributed by atoms with van der Waals surface area (Å²) in [6.45, 7) is 7.66. The lowest BCUT2D eigenvalue weighted by atomic mass is 10.2. The molecular formula is C10H24O3. The SMILES string of the molecule is CC(C)O.CCCCCC.O=CO. The van der Waals surface area contributed by atoms with Crippen LogP contribution in [0.4, 0.5) is 0 Å². The number of hydrogen-bond acceptors (Lipinski definition) is 2. The van der Waals surface area contributed by atoms with E-state index in [9.17, 15) is 0 Å². The Kier molecular flexibility index (Phi) is 31.6. The third-order valence-electron chi connectivity index (χ3n) is 0.957. The van der Waals surface area contributed by atoms with E-state index in [1.807, 2.05) is 0 Å². The average molecular weight is 192 g/mol. The minimum Gasteiger partial charge on any atom is -0.483 e. The van der Waals surface area contributed by atoms with E-state index in [0.717, 1.165) is 0 Å². The van der Waals surface area contributed by atoms with Gasteiger partial charge in [0.05, 0.1) is 0 Å². The lowest BCUT2D eigenvalue weighted by molar-refractivity contribution is -0.122. The van der Waals surface area contributed by atoms with Gasteiger partial charge in [-0.2, -0.15) is 0 Å². The summed E-state index contributed by atoms with van der Waals surface area (Å²) in [5, 5.41) is 14.9. The van der Waals surface area contributed by atoms with Crippen molar-refractivity contribution in [2.24, 2.45) is 0 Å². The van der Waals surface area contributed by atoms with Gasteiger partial charge in [-0.05, 0) is 13.8 Å². The second-order valence-corrected chi connectivity index (χ2v) is 2.91. The van der Waals surface area contributed by atoms with E-state index in [4.69, 9.17) is 15.0 Å². The molecule has 0 rings (SSSR count). The summed E-state index contributed by atoms with van der Waals surface area (Å²) >= 11 is 0. The molecule has 0 amide bonds. The number of hydrogen-bond donors (Lipinski definition) is 2. The number of carboxylic acid groups (broad SMARTS) is 1. The molecule has 0 fully saturated rings. The maximum atomic E-state index is 8.36. The standard InChI is InChI=1S/C6H14.C3H8O.CH2O2/c1-3-5-6-4-2;1-3(2)4;2-1-3/h3-6H2,1-2H3;3-4H,1-2H3;1H,(H,2,3). The van der Waals surface area contributed by atoms with Gasteiger partial charge in [-0.3, -0.25) is 4.79 Å². The zero-order valence-electron chi connectivity index (χ0n) is 9.29. The molecule has 0 aliphatic carbocycles. The van der Waals surface area contributed by atoms with Gasteiger partial charge in [-0.1, -0.05) is 39.5 Å². The highest BCUT2D eigenvalue weighted by atomic mass is 16.3. The molecule has 0 heterocycles. The molecule has 3 nitrogen and oxygen atoms in total. The Hall–Kier alpha value is -0.570. The highest BCUT2D eigenvalue weighted by Crippen LogP contribution is 1.95. The normalized spacial score (nSPS) is 7.85. The zero-order valence-corrected chi connectivity index (χ0v) is 9.29. The lowest BCUT2D eigenvalue weighted by Gasteiger charge is -1.86. The van der Waals surface area contributed by atoms with Gasteiger partial charge in [0.2, 0.25) is 0 Å². The topological polar surface area (TPSA) is 57.5 Å². The summed E-state index contributed by atoms with van der Waals surface area (Å²) < 4.78 is 0. The molecule has 0 aromatic carbocycles. The maximum absolute atomic E-state index is 8.36. The predicted octanol–water partition coefficient (Wildman–Crippen LogP) is 2.67. The van der Waals surface area contributed by atoms with Gasteiger partial charge in [0.15, 0.2) is 0 Å². The van der Waals surface area contributed by atoms with Gasteiger partial charge in [0.25, 0.3) is 6.47 Å². The fourth-order valence-electron chi connectivity index (χ4n) is 0.500. The molecular weight excluding hydrogens is 168 g/mol. The average Bonchev–Trinajstić information content (AvgIpc) is 2.01. The maximum Gasteiger partial charge on any atom is 0.290 e. The van der Waals surface area contributed by atoms with Gasteiger partial charge in [0.1, 0.15) is 0 Å². The number of unbranched alkanes of at least 4 members (excludes halogenated alkanes) is 3. The van der Waals surface area contributed by atoms with E-state index in [2.05, 4.69) is 13.8 Å². The molecule has 0 saturated heterocycles.